The van der Waals surface area contributed by atoms with E-state index in [2.05, 4.69) is 31.1 Å². The second-order valence-corrected chi connectivity index (χ2v) is 7.60. The average molecular weight is 397 g/mol. The normalized spacial score (nSPS) is 13.1. The van der Waals surface area contributed by atoms with Gasteiger partial charge in [0.15, 0.2) is 5.82 Å². The Morgan fingerprint density at radius 1 is 1.10 bits per heavy atom. The predicted molar refractivity (Wildman–Crippen MR) is 115 cm³/mol. The molecule has 0 unspecified atom stereocenters. The van der Waals surface area contributed by atoms with Crippen molar-refractivity contribution in [3.8, 4) is 0 Å². The van der Waals surface area contributed by atoms with Gasteiger partial charge in [-0.1, -0.05) is 39.0 Å². The molecule has 3 rings (SSSR count). The van der Waals surface area contributed by atoms with Crippen LogP contribution in [0.5, 0.6) is 0 Å². The van der Waals surface area contributed by atoms with E-state index in [9.17, 15) is 9.59 Å². The third-order valence-electron chi connectivity index (χ3n) is 5.44. The van der Waals surface area contributed by atoms with Crippen molar-refractivity contribution in [1.82, 2.24) is 14.5 Å². The van der Waals surface area contributed by atoms with Crippen molar-refractivity contribution in [2.75, 3.05) is 18.4 Å². The fourth-order valence-corrected chi connectivity index (χ4v) is 4.02. The molecule has 2 aromatic rings. The van der Waals surface area contributed by atoms with Crippen molar-refractivity contribution in [3.05, 3.63) is 47.0 Å². The maximum atomic E-state index is 13.2. The SMILES string of the molecule is CCCN(CCC)C(=O)c1nc(C(=O)Nc2ccccc2CC)n2c1CCCC2. The molecule has 6 heteroatoms. The standard InChI is InChI=1S/C23H32N4O2/c1-4-14-26(15-5-2)23(29)20-19-13-9-10-16-27(19)21(25-20)22(28)24-18-12-8-7-11-17(18)6-3/h7-8,11-12H,4-6,9-10,13-16H2,1-3H3,(H,24,28). The second kappa shape index (κ2) is 9.72. The lowest BCUT2D eigenvalue weighted by Gasteiger charge is -2.22. The molecule has 2 heterocycles. The number of fused-ring (bicyclic) bond motifs is 1. The number of hydrogen-bond donors (Lipinski definition) is 1. The van der Waals surface area contributed by atoms with Gasteiger partial charge in [0.25, 0.3) is 11.8 Å². The number of aromatic nitrogens is 2. The molecule has 1 aliphatic heterocycles. The number of nitrogens with one attached hydrogen (secondary N) is 1. The van der Waals surface area contributed by atoms with Crippen molar-refractivity contribution in [2.24, 2.45) is 0 Å². The summed E-state index contributed by atoms with van der Waals surface area (Å²) in [5, 5.41) is 3.01. The van der Waals surface area contributed by atoms with Gasteiger partial charge in [-0.05, 0) is 50.2 Å². The molecule has 6 nitrogen and oxygen atoms in total. The first-order valence-corrected chi connectivity index (χ1v) is 10.9. The molecule has 29 heavy (non-hydrogen) atoms. The van der Waals surface area contributed by atoms with Crippen LogP contribution in [-0.2, 0) is 19.4 Å². The summed E-state index contributed by atoms with van der Waals surface area (Å²) in [4.78, 5) is 32.8. The van der Waals surface area contributed by atoms with Gasteiger partial charge < -0.3 is 14.8 Å². The number of anilines is 1. The molecule has 0 saturated carbocycles. The summed E-state index contributed by atoms with van der Waals surface area (Å²) in [7, 11) is 0. The van der Waals surface area contributed by atoms with Gasteiger partial charge in [-0.25, -0.2) is 4.98 Å². The molecular formula is C23H32N4O2. The highest BCUT2D eigenvalue weighted by molar-refractivity contribution is 6.04. The van der Waals surface area contributed by atoms with Crippen molar-refractivity contribution >= 4 is 17.5 Å². The zero-order valence-electron chi connectivity index (χ0n) is 17.8. The first-order valence-electron chi connectivity index (χ1n) is 10.9. The number of benzene rings is 1. The quantitative estimate of drug-likeness (QED) is 0.723. The summed E-state index contributed by atoms with van der Waals surface area (Å²) in [6, 6.07) is 7.81. The van der Waals surface area contributed by atoms with E-state index < -0.39 is 0 Å². The minimum absolute atomic E-state index is 0.0487. The number of aryl methyl sites for hydroxylation is 1. The minimum atomic E-state index is -0.245. The van der Waals surface area contributed by atoms with E-state index >= 15 is 0 Å². The molecule has 2 amide bonds. The zero-order valence-corrected chi connectivity index (χ0v) is 17.8. The summed E-state index contributed by atoms with van der Waals surface area (Å²) in [5.74, 6) is 0.0555. The molecule has 1 aromatic carbocycles. The van der Waals surface area contributed by atoms with Gasteiger partial charge in [-0.2, -0.15) is 0 Å². The Kier molecular flexibility index (Phi) is 7.07. The van der Waals surface area contributed by atoms with E-state index in [0.29, 0.717) is 24.6 Å². The third kappa shape index (κ3) is 4.52. The van der Waals surface area contributed by atoms with E-state index in [4.69, 9.17) is 0 Å². The van der Waals surface area contributed by atoms with Crippen LogP contribution in [0.1, 0.15) is 78.8 Å². The lowest BCUT2D eigenvalue weighted by molar-refractivity contribution is 0.0748. The molecule has 1 aromatic heterocycles. The molecule has 156 valence electrons. The first-order chi connectivity index (χ1) is 14.1. The number of carbonyl (C=O) groups excluding carboxylic acids is 2. The highest BCUT2D eigenvalue weighted by atomic mass is 16.2. The van der Waals surface area contributed by atoms with Gasteiger partial charge >= 0.3 is 0 Å². The lowest BCUT2D eigenvalue weighted by atomic mass is 10.1. The minimum Gasteiger partial charge on any atom is -0.337 e. The summed E-state index contributed by atoms with van der Waals surface area (Å²) in [6.07, 6.45) is 5.46. The predicted octanol–water partition coefficient (Wildman–Crippen LogP) is 4.30. The number of imidazole rings is 1. The maximum Gasteiger partial charge on any atom is 0.291 e. The lowest BCUT2D eigenvalue weighted by Crippen LogP contribution is -2.33. The molecule has 0 bridgehead atoms. The number of rotatable bonds is 8. The van der Waals surface area contributed by atoms with Crippen molar-refractivity contribution in [1.29, 1.82) is 0 Å². The Balaban J connectivity index is 1.93. The third-order valence-corrected chi connectivity index (χ3v) is 5.44. The number of para-hydroxylation sites is 1. The molecule has 0 saturated heterocycles. The molecular weight excluding hydrogens is 364 g/mol. The average Bonchev–Trinajstić information content (AvgIpc) is 3.13. The van der Waals surface area contributed by atoms with Crippen LogP contribution in [0.15, 0.2) is 24.3 Å². The van der Waals surface area contributed by atoms with Crippen LogP contribution in [0.4, 0.5) is 5.69 Å². The number of hydrogen-bond acceptors (Lipinski definition) is 3. The number of carbonyl (C=O) groups is 2. The maximum absolute atomic E-state index is 13.2. The van der Waals surface area contributed by atoms with Crippen LogP contribution in [0.25, 0.3) is 0 Å². The van der Waals surface area contributed by atoms with Gasteiger partial charge in [0.1, 0.15) is 5.69 Å². The second-order valence-electron chi connectivity index (χ2n) is 7.60. The fourth-order valence-electron chi connectivity index (χ4n) is 4.02. The van der Waals surface area contributed by atoms with Gasteiger partial charge in [-0.15, -0.1) is 0 Å². The smallest absolute Gasteiger partial charge is 0.291 e. The Morgan fingerprint density at radius 2 is 1.83 bits per heavy atom. The molecule has 0 aliphatic carbocycles. The van der Waals surface area contributed by atoms with Crippen molar-refractivity contribution < 1.29 is 9.59 Å². The van der Waals surface area contributed by atoms with Crippen LogP contribution in [0.2, 0.25) is 0 Å². The molecule has 0 radical (unpaired) electrons. The number of amides is 2. The van der Waals surface area contributed by atoms with Gasteiger partial charge in [0.2, 0.25) is 0 Å². The van der Waals surface area contributed by atoms with Crippen LogP contribution < -0.4 is 5.32 Å². The fraction of sp³-hybridized carbons (Fsp3) is 0.522. The Morgan fingerprint density at radius 3 is 2.52 bits per heavy atom. The molecule has 1 aliphatic rings. The van der Waals surface area contributed by atoms with Crippen LogP contribution in [0, 0.1) is 0 Å². The topological polar surface area (TPSA) is 67.2 Å². The van der Waals surface area contributed by atoms with Crippen LogP contribution >= 0.6 is 0 Å². The summed E-state index contributed by atoms with van der Waals surface area (Å²) >= 11 is 0. The van der Waals surface area contributed by atoms with E-state index in [1.807, 2.05) is 33.7 Å². The van der Waals surface area contributed by atoms with Gasteiger partial charge in [0, 0.05) is 25.3 Å². The molecule has 1 N–H and O–H groups in total. The zero-order chi connectivity index (χ0) is 20.8. The summed E-state index contributed by atoms with van der Waals surface area (Å²) in [6.45, 7) is 8.37. The van der Waals surface area contributed by atoms with Crippen LogP contribution in [-0.4, -0.2) is 39.4 Å². The first kappa shape index (κ1) is 21.1. The number of nitrogens with zero attached hydrogens (tertiary/aromatic N) is 3. The van der Waals surface area contributed by atoms with Crippen molar-refractivity contribution in [2.45, 2.75) is 65.8 Å². The Hall–Kier alpha value is -2.63. The highest BCUT2D eigenvalue weighted by Gasteiger charge is 2.29. The van der Waals surface area contributed by atoms with E-state index in [1.165, 1.54) is 0 Å². The van der Waals surface area contributed by atoms with Crippen molar-refractivity contribution in [3.63, 3.8) is 0 Å². The van der Waals surface area contributed by atoms with Gasteiger partial charge in [-0.3, -0.25) is 9.59 Å². The largest absolute Gasteiger partial charge is 0.337 e. The summed E-state index contributed by atoms with van der Waals surface area (Å²) < 4.78 is 1.96. The molecule has 0 fully saturated rings. The molecule has 0 spiro atoms. The Bertz CT molecular complexity index is 866. The monoisotopic (exact) mass is 396 g/mol. The van der Waals surface area contributed by atoms with E-state index in [-0.39, 0.29) is 11.8 Å². The van der Waals surface area contributed by atoms with Gasteiger partial charge in [0.05, 0.1) is 5.69 Å². The van der Waals surface area contributed by atoms with E-state index in [0.717, 1.165) is 62.0 Å². The van der Waals surface area contributed by atoms with E-state index in [1.54, 1.807) is 0 Å². The Labute approximate surface area is 173 Å². The van der Waals surface area contributed by atoms with Crippen LogP contribution in [0.3, 0.4) is 0 Å². The molecule has 0 atom stereocenters. The highest BCUT2D eigenvalue weighted by Crippen LogP contribution is 2.24. The summed E-state index contributed by atoms with van der Waals surface area (Å²) in [5.41, 5.74) is 3.26.